The van der Waals surface area contributed by atoms with Gasteiger partial charge in [0.2, 0.25) is 5.88 Å². The molecule has 2 aromatic rings. The zero-order valence-electron chi connectivity index (χ0n) is 9.62. The van der Waals surface area contributed by atoms with Crippen molar-refractivity contribution >= 4 is 51.1 Å². The maximum atomic E-state index is 11.3. The topological polar surface area (TPSA) is 59.4 Å². The second-order valence-corrected chi connectivity index (χ2v) is 5.31. The van der Waals surface area contributed by atoms with Gasteiger partial charge < -0.3 is 9.84 Å². The van der Waals surface area contributed by atoms with E-state index < -0.39 is 5.97 Å². The Labute approximate surface area is 122 Å². The van der Waals surface area contributed by atoms with E-state index in [2.05, 4.69) is 27.6 Å². The molecule has 1 aromatic heterocycles. The fourth-order valence-electron chi connectivity index (χ4n) is 1.82. The maximum absolute atomic E-state index is 11.3. The molecule has 0 aliphatic carbocycles. The van der Waals surface area contributed by atoms with E-state index >= 15 is 0 Å². The summed E-state index contributed by atoms with van der Waals surface area (Å²) in [7, 11) is 1.41. The molecule has 1 aromatic carbocycles. The number of carboxylic acids is 1. The second kappa shape index (κ2) is 4.89. The lowest BCUT2D eigenvalue weighted by molar-refractivity contribution is 0.0692. The number of ether oxygens (including phenoxy) is 1. The van der Waals surface area contributed by atoms with E-state index in [1.807, 2.05) is 0 Å². The van der Waals surface area contributed by atoms with Crippen molar-refractivity contribution in [1.82, 2.24) is 4.98 Å². The minimum atomic E-state index is -1.06. The van der Waals surface area contributed by atoms with Crippen molar-refractivity contribution in [2.24, 2.45) is 0 Å². The Hall–Kier alpha value is -1.08. The van der Waals surface area contributed by atoms with Gasteiger partial charge in [-0.3, -0.25) is 0 Å². The summed E-state index contributed by atoms with van der Waals surface area (Å²) in [6.45, 7) is 1.72. The number of pyridine rings is 1. The normalized spacial score (nSPS) is 10.7. The number of aromatic nitrogens is 1. The van der Waals surface area contributed by atoms with Gasteiger partial charge in [0, 0.05) is 14.0 Å². The first-order chi connectivity index (χ1) is 8.45. The number of nitrogens with zero attached hydrogens (tertiary/aromatic N) is 1. The predicted octanol–water partition coefficient (Wildman–Crippen LogP) is 3.51. The summed E-state index contributed by atoms with van der Waals surface area (Å²) in [5, 5.41) is 10.5. The van der Waals surface area contributed by atoms with Gasteiger partial charge in [0.05, 0.1) is 12.6 Å². The molecule has 2 rings (SSSR count). The summed E-state index contributed by atoms with van der Waals surface area (Å²) in [6, 6.07) is 3.49. The summed E-state index contributed by atoms with van der Waals surface area (Å²) in [6.07, 6.45) is 0. The van der Waals surface area contributed by atoms with Crippen molar-refractivity contribution in [1.29, 1.82) is 0 Å². The molecule has 0 spiro atoms. The molecule has 0 amide bonds. The average molecular weight is 378 g/mol. The predicted molar refractivity (Wildman–Crippen MR) is 77.7 cm³/mol. The van der Waals surface area contributed by atoms with E-state index in [0.29, 0.717) is 16.1 Å². The molecule has 0 fully saturated rings. The zero-order chi connectivity index (χ0) is 13.4. The van der Waals surface area contributed by atoms with Crippen molar-refractivity contribution in [2.45, 2.75) is 6.92 Å². The van der Waals surface area contributed by atoms with Gasteiger partial charge >= 0.3 is 5.97 Å². The molecule has 0 saturated heterocycles. The molecule has 0 bridgehead atoms. The summed E-state index contributed by atoms with van der Waals surface area (Å²) in [5.74, 6) is -0.943. The van der Waals surface area contributed by atoms with Crippen LogP contribution in [0.25, 0.3) is 10.9 Å². The Kier molecular flexibility index (Phi) is 3.63. The fraction of sp³-hybridized carbons (Fsp3) is 0.167. The third-order valence-electron chi connectivity index (χ3n) is 2.64. The van der Waals surface area contributed by atoms with Crippen LogP contribution in [-0.4, -0.2) is 23.2 Å². The van der Waals surface area contributed by atoms with Crippen molar-refractivity contribution in [3.05, 3.63) is 31.9 Å². The van der Waals surface area contributed by atoms with Crippen LogP contribution in [0.2, 0.25) is 5.02 Å². The number of hydrogen-bond acceptors (Lipinski definition) is 3. The first kappa shape index (κ1) is 13.4. The molecule has 0 aliphatic rings. The average Bonchev–Trinajstić information content (AvgIpc) is 2.29. The van der Waals surface area contributed by atoms with Crippen LogP contribution in [0.5, 0.6) is 5.88 Å². The Bertz CT molecular complexity index is 658. The number of aryl methyl sites for hydroxylation is 1. The summed E-state index contributed by atoms with van der Waals surface area (Å²) in [5.41, 5.74) is 1.37. The minimum absolute atomic E-state index is 0.0723. The number of carboxylic acid groups (broad SMARTS) is 1. The van der Waals surface area contributed by atoms with E-state index in [1.165, 1.54) is 7.11 Å². The van der Waals surface area contributed by atoms with E-state index in [0.717, 1.165) is 8.96 Å². The summed E-state index contributed by atoms with van der Waals surface area (Å²) in [4.78, 5) is 15.5. The molecule has 18 heavy (non-hydrogen) atoms. The number of halogens is 2. The SMILES string of the molecule is COc1nc2c(I)cc(Cl)cc2c(C)c1C(=O)O. The van der Waals surface area contributed by atoms with Gasteiger partial charge in [-0.05, 0) is 47.2 Å². The largest absolute Gasteiger partial charge is 0.480 e. The molecule has 0 saturated carbocycles. The number of carbonyl (C=O) groups is 1. The van der Waals surface area contributed by atoms with Gasteiger partial charge in [0.15, 0.2) is 0 Å². The van der Waals surface area contributed by atoms with Crippen molar-refractivity contribution in [3.8, 4) is 5.88 Å². The molecule has 0 radical (unpaired) electrons. The number of methoxy groups -OCH3 is 1. The Morgan fingerprint density at radius 1 is 1.50 bits per heavy atom. The lowest BCUT2D eigenvalue weighted by Gasteiger charge is -2.11. The number of aromatic carboxylic acids is 1. The van der Waals surface area contributed by atoms with Gasteiger partial charge in [-0.15, -0.1) is 0 Å². The second-order valence-electron chi connectivity index (χ2n) is 3.71. The lowest BCUT2D eigenvalue weighted by atomic mass is 10.0. The molecule has 0 aliphatic heterocycles. The van der Waals surface area contributed by atoms with Gasteiger partial charge in [-0.25, -0.2) is 9.78 Å². The highest BCUT2D eigenvalue weighted by Crippen LogP contribution is 2.32. The quantitative estimate of drug-likeness (QED) is 0.814. The summed E-state index contributed by atoms with van der Waals surface area (Å²) >= 11 is 8.10. The third kappa shape index (κ3) is 2.12. The van der Waals surface area contributed by atoms with E-state index in [9.17, 15) is 9.90 Å². The van der Waals surface area contributed by atoms with Gasteiger partial charge in [0.1, 0.15) is 5.56 Å². The van der Waals surface area contributed by atoms with Crippen LogP contribution in [0.3, 0.4) is 0 Å². The van der Waals surface area contributed by atoms with E-state index in [1.54, 1.807) is 19.1 Å². The van der Waals surface area contributed by atoms with Gasteiger partial charge in [-0.1, -0.05) is 11.6 Å². The maximum Gasteiger partial charge on any atom is 0.341 e. The van der Waals surface area contributed by atoms with Gasteiger partial charge in [-0.2, -0.15) is 0 Å². The Morgan fingerprint density at radius 2 is 2.17 bits per heavy atom. The molecule has 0 unspecified atom stereocenters. The van der Waals surface area contributed by atoms with Crippen LogP contribution in [-0.2, 0) is 0 Å². The molecule has 6 heteroatoms. The van der Waals surface area contributed by atoms with E-state index in [-0.39, 0.29) is 11.4 Å². The van der Waals surface area contributed by atoms with Crippen molar-refractivity contribution in [2.75, 3.05) is 7.11 Å². The van der Waals surface area contributed by atoms with Crippen LogP contribution in [0.4, 0.5) is 0 Å². The Morgan fingerprint density at radius 3 is 2.72 bits per heavy atom. The first-order valence-corrected chi connectivity index (χ1v) is 6.48. The molecular weight excluding hydrogens is 368 g/mol. The Balaban J connectivity index is 2.96. The van der Waals surface area contributed by atoms with Crippen LogP contribution < -0.4 is 4.74 Å². The number of benzene rings is 1. The monoisotopic (exact) mass is 377 g/mol. The van der Waals surface area contributed by atoms with Crippen molar-refractivity contribution in [3.63, 3.8) is 0 Å². The highest BCUT2D eigenvalue weighted by molar-refractivity contribution is 14.1. The zero-order valence-corrected chi connectivity index (χ0v) is 12.5. The molecule has 94 valence electrons. The smallest absolute Gasteiger partial charge is 0.341 e. The molecular formula is C12H9ClINO3. The molecule has 4 nitrogen and oxygen atoms in total. The van der Waals surface area contributed by atoms with Crippen LogP contribution in [0.15, 0.2) is 12.1 Å². The number of hydrogen-bond donors (Lipinski definition) is 1. The summed E-state index contributed by atoms with van der Waals surface area (Å²) < 4.78 is 5.91. The van der Waals surface area contributed by atoms with Crippen LogP contribution in [0, 0.1) is 10.5 Å². The number of fused-ring (bicyclic) bond motifs is 1. The van der Waals surface area contributed by atoms with Crippen LogP contribution in [0.1, 0.15) is 15.9 Å². The standard InChI is InChI=1S/C12H9ClINO3/c1-5-7-3-6(13)4-8(14)10(7)15-11(18-2)9(5)12(16)17/h3-4H,1-2H3,(H,16,17). The van der Waals surface area contributed by atoms with E-state index in [4.69, 9.17) is 16.3 Å². The first-order valence-electron chi connectivity index (χ1n) is 5.02. The van der Waals surface area contributed by atoms with Crippen molar-refractivity contribution < 1.29 is 14.6 Å². The number of rotatable bonds is 2. The lowest BCUT2D eigenvalue weighted by Crippen LogP contribution is -2.06. The minimum Gasteiger partial charge on any atom is -0.480 e. The molecule has 1 heterocycles. The highest BCUT2D eigenvalue weighted by atomic mass is 127. The van der Waals surface area contributed by atoms with Gasteiger partial charge in [0.25, 0.3) is 0 Å². The molecule has 0 atom stereocenters. The molecule has 1 N–H and O–H groups in total. The highest BCUT2D eigenvalue weighted by Gasteiger charge is 2.20. The third-order valence-corrected chi connectivity index (χ3v) is 3.68. The fourth-order valence-corrected chi connectivity index (χ4v) is 2.97. The van der Waals surface area contributed by atoms with Crippen LogP contribution >= 0.6 is 34.2 Å².